The molecule has 0 bridgehead atoms. The molecule has 1 N–H and O–H groups in total. The Bertz CT molecular complexity index is 625. The maximum absolute atomic E-state index is 12.0. The van der Waals surface area contributed by atoms with Gasteiger partial charge in [-0.25, -0.2) is 9.97 Å². The fourth-order valence-electron chi connectivity index (χ4n) is 1.51. The molecule has 0 fully saturated rings. The molecule has 1 unspecified atom stereocenters. The maximum Gasteiger partial charge on any atom is 0.261 e. The van der Waals surface area contributed by atoms with Gasteiger partial charge in [0.1, 0.15) is 10.7 Å². The highest BCUT2D eigenvalue weighted by molar-refractivity contribution is 6.36. The zero-order valence-corrected chi connectivity index (χ0v) is 10.4. The number of halogens is 2. The van der Waals surface area contributed by atoms with Crippen LogP contribution in [-0.2, 0) is 6.54 Å². The molecule has 0 spiro atoms. The van der Waals surface area contributed by atoms with E-state index in [1.54, 1.807) is 6.92 Å². The van der Waals surface area contributed by atoms with Crippen LogP contribution in [0.5, 0.6) is 0 Å². The van der Waals surface area contributed by atoms with Gasteiger partial charge in [-0.05, 0) is 13.0 Å². The van der Waals surface area contributed by atoms with Gasteiger partial charge in [0.15, 0.2) is 5.15 Å². The number of hydrogen-bond acceptors (Lipinski definition) is 4. The second-order valence-electron chi connectivity index (χ2n) is 3.68. The molecule has 90 valence electrons. The van der Waals surface area contributed by atoms with Gasteiger partial charge < -0.3 is 5.11 Å². The van der Waals surface area contributed by atoms with E-state index in [-0.39, 0.29) is 27.8 Å². The number of pyridine rings is 1. The summed E-state index contributed by atoms with van der Waals surface area (Å²) in [5.74, 6) is 0. The van der Waals surface area contributed by atoms with Crippen LogP contribution in [0.4, 0.5) is 0 Å². The van der Waals surface area contributed by atoms with Crippen LogP contribution in [0.2, 0.25) is 10.3 Å². The van der Waals surface area contributed by atoms with E-state index in [1.165, 1.54) is 17.0 Å². The maximum atomic E-state index is 12.0. The Kier molecular flexibility index (Phi) is 3.33. The van der Waals surface area contributed by atoms with E-state index in [9.17, 15) is 9.90 Å². The molecule has 2 aromatic heterocycles. The fraction of sp³-hybridized carbons (Fsp3) is 0.300. The summed E-state index contributed by atoms with van der Waals surface area (Å²) in [5.41, 5.74) is 0.00464. The average Bonchev–Trinajstić information content (AvgIpc) is 2.22. The van der Waals surface area contributed by atoms with Gasteiger partial charge >= 0.3 is 0 Å². The Labute approximate surface area is 107 Å². The Balaban J connectivity index is 2.71. The van der Waals surface area contributed by atoms with Crippen LogP contribution in [0, 0.1) is 0 Å². The Hall–Kier alpha value is -1.17. The fourth-order valence-corrected chi connectivity index (χ4v) is 1.99. The minimum Gasteiger partial charge on any atom is -0.392 e. The van der Waals surface area contributed by atoms with Crippen LogP contribution in [0.25, 0.3) is 10.9 Å². The number of rotatable bonds is 2. The van der Waals surface area contributed by atoms with E-state index in [1.807, 2.05) is 0 Å². The number of fused-ring (bicyclic) bond motifs is 1. The first kappa shape index (κ1) is 12.3. The first-order valence-electron chi connectivity index (χ1n) is 4.88. The number of aliphatic hydroxyl groups is 1. The largest absolute Gasteiger partial charge is 0.392 e. The molecule has 2 heterocycles. The van der Waals surface area contributed by atoms with Gasteiger partial charge in [-0.2, -0.15) is 0 Å². The van der Waals surface area contributed by atoms with Gasteiger partial charge in [0.25, 0.3) is 5.56 Å². The number of nitrogens with zero attached hydrogens (tertiary/aromatic N) is 3. The third-order valence-electron chi connectivity index (χ3n) is 2.20. The lowest BCUT2D eigenvalue weighted by Crippen LogP contribution is -2.25. The molecule has 7 heteroatoms. The first-order chi connectivity index (χ1) is 7.99. The van der Waals surface area contributed by atoms with E-state index in [0.717, 1.165) is 0 Å². The Morgan fingerprint density at radius 1 is 1.53 bits per heavy atom. The zero-order valence-electron chi connectivity index (χ0n) is 8.89. The van der Waals surface area contributed by atoms with Crippen molar-refractivity contribution in [3.63, 3.8) is 0 Å². The Morgan fingerprint density at radius 3 is 2.88 bits per heavy atom. The van der Waals surface area contributed by atoms with E-state index in [0.29, 0.717) is 5.52 Å². The van der Waals surface area contributed by atoms with Crippen LogP contribution >= 0.6 is 23.2 Å². The second kappa shape index (κ2) is 4.60. The quantitative estimate of drug-likeness (QED) is 0.842. The van der Waals surface area contributed by atoms with Crippen LogP contribution < -0.4 is 5.56 Å². The van der Waals surface area contributed by atoms with Crippen LogP contribution in [0.15, 0.2) is 17.2 Å². The third-order valence-corrected chi connectivity index (χ3v) is 2.65. The van der Waals surface area contributed by atoms with Gasteiger partial charge in [-0.15, -0.1) is 0 Å². The lowest BCUT2D eigenvalue weighted by molar-refractivity contribution is 0.172. The smallest absolute Gasteiger partial charge is 0.261 e. The summed E-state index contributed by atoms with van der Waals surface area (Å²) in [4.78, 5) is 19.9. The molecule has 0 aliphatic heterocycles. The molecular weight excluding hydrogens is 265 g/mol. The molecule has 0 saturated carbocycles. The zero-order chi connectivity index (χ0) is 12.6. The molecular formula is C10H9Cl2N3O2. The van der Waals surface area contributed by atoms with E-state index < -0.39 is 6.10 Å². The summed E-state index contributed by atoms with van der Waals surface area (Å²) in [7, 11) is 0. The number of aromatic nitrogens is 3. The molecule has 0 aliphatic rings. The molecule has 2 aromatic rings. The van der Waals surface area contributed by atoms with Crippen LogP contribution in [0.1, 0.15) is 6.92 Å². The SMILES string of the molecule is CC(O)Cn1cnc2c(Cl)nc(Cl)cc2c1=O. The highest BCUT2D eigenvalue weighted by Gasteiger charge is 2.10. The minimum atomic E-state index is -0.639. The molecule has 0 aromatic carbocycles. The topological polar surface area (TPSA) is 68.0 Å². The van der Waals surface area contributed by atoms with E-state index in [4.69, 9.17) is 23.2 Å². The molecule has 0 amide bonds. The van der Waals surface area contributed by atoms with Gasteiger partial charge in [0, 0.05) is 0 Å². The van der Waals surface area contributed by atoms with Gasteiger partial charge in [-0.3, -0.25) is 9.36 Å². The standard InChI is InChI=1S/C10H9Cl2N3O2/c1-5(16)3-15-4-13-8-6(10(15)17)2-7(11)14-9(8)12/h2,4-5,16H,3H2,1H3. The lowest BCUT2D eigenvalue weighted by atomic mass is 10.3. The molecule has 17 heavy (non-hydrogen) atoms. The highest BCUT2D eigenvalue weighted by atomic mass is 35.5. The average molecular weight is 274 g/mol. The van der Waals surface area contributed by atoms with Crippen molar-refractivity contribution in [2.24, 2.45) is 0 Å². The molecule has 0 radical (unpaired) electrons. The first-order valence-corrected chi connectivity index (χ1v) is 5.64. The normalized spacial score (nSPS) is 12.9. The van der Waals surface area contributed by atoms with Crippen LogP contribution in [-0.4, -0.2) is 25.7 Å². The lowest BCUT2D eigenvalue weighted by Gasteiger charge is -2.08. The summed E-state index contributed by atoms with van der Waals surface area (Å²) in [6.07, 6.45) is 0.693. The monoisotopic (exact) mass is 273 g/mol. The highest BCUT2D eigenvalue weighted by Crippen LogP contribution is 2.19. The minimum absolute atomic E-state index is 0.0915. The molecule has 1 atom stereocenters. The van der Waals surface area contributed by atoms with Crippen molar-refractivity contribution >= 4 is 34.1 Å². The van der Waals surface area contributed by atoms with Crippen molar-refractivity contribution in [3.05, 3.63) is 33.1 Å². The van der Waals surface area contributed by atoms with Crippen molar-refractivity contribution in [2.75, 3.05) is 0 Å². The number of aliphatic hydroxyl groups excluding tert-OH is 1. The molecule has 2 rings (SSSR count). The van der Waals surface area contributed by atoms with Crippen molar-refractivity contribution in [2.45, 2.75) is 19.6 Å². The summed E-state index contributed by atoms with van der Waals surface area (Å²) in [6.45, 7) is 1.75. The van der Waals surface area contributed by atoms with Gasteiger partial charge in [0.2, 0.25) is 0 Å². The van der Waals surface area contributed by atoms with Crippen molar-refractivity contribution < 1.29 is 5.11 Å². The Morgan fingerprint density at radius 2 is 2.24 bits per heavy atom. The van der Waals surface area contributed by atoms with Crippen molar-refractivity contribution in [3.8, 4) is 0 Å². The third kappa shape index (κ3) is 2.41. The van der Waals surface area contributed by atoms with E-state index >= 15 is 0 Å². The second-order valence-corrected chi connectivity index (χ2v) is 4.43. The van der Waals surface area contributed by atoms with Gasteiger partial charge in [0.05, 0.1) is 24.4 Å². The summed E-state index contributed by atoms with van der Waals surface area (Å²) >= 11 is 11.6. The summed E-state index contributed by atoms with van der Waals surface area (Å²) in [5, 5.41) is 9.78. The molecule has 5 nitrogen and oxygen atoms in total. The van der Waals surface area contributed by atoms with Gasteiger partial charge in [-0.1, -0.05) is 23.2 Å². The molecule has 0 aliphatic carbocycles. The predicted octanol–water partition coefficient (Wildman–Crippen LogP) is 1.48. The predicted molar refractivity (Wildman–Crippen MR) is 65.5 cm³/mol. The number of hydrogen-bond donors (Lipinski definition) is 1. The van der Waals surface area contributed by atoms with Crippen LogP contribution in [0.3, 0.4) is 0 Å². The van der Waals surface area contributed by atoms with Crippen molar-refractivity contribution in [1.82, 2.24) is 14.5 Å². The molecule has 0 saturated heterocycles. The summed E-state index contributed by atoms with van der Waals surface area (Å²) < 4.78 is 1.31. The summed E-state index contributed by atoms with van der Waals surface area (Å²) in [6, 6.07) is 1.41. The van der Waals surface area contributed by atoms with E-state index in [2.05, 4.69) is 9.97 Å². The van der Waals surface area contributed by atoms with Crippen molar-refractivity contribution in [1.29, 1.82) is 0 Å².